The molecule has 0 amide bonds. The Morgan fingerprint density at radius 3 is 2.44 bits per heavy atom. The summed E-state index contributed by atoms with van der Waals surface area (Å²) in [4.78, 5) is 24.1. The number of ether oxygens (including phenoxy) is 1. The van der Waals surface area contributed by atoms with Crippen molar-refractivity contribution in [2.24, 2.45) is 0 Å². The van der Waals surface area contributed by atoms with Crippen LogP contribution in [0.3, 0.4) is 0 Å². The van der Waals surface area contributed by atoms with Crippen LogP contribution in [0.1, 0.15) is 54.1 Å². The zero-order chi connectivity index (χ0) is 18.4. The summed E-state index contributed by atoms with van der Waals surface area (Å²) < 4.78 is 5.67. The number of rotatable bonds is 8. The molecule has 1 atom stereocenters. The Kier molecular flexibility index (Phi) is 6.34. The van der Waals surface area contributed by atoms with Gasteiger partial charge in [-0.15, -0.1) is 0 Å². The summed E-state index contributed by atoms with van der Waals surface area (Å²) in [6, 6.07) is 14.7. The van der Waals surface area contributed by atoms with Crippen LogP contribution >= 0.6 is 0 Å². The number of carboxylic acid groups (broad SMARTS) is 1. The van der Waals surface area contributed by atoms with Crippen LogP contribution in [-0.2, 0) is 4.79 Å². The molecule has 0 saturated heterocycles. The van der Waals surface area contributed by atoms with E-state index in [4.69, 9.17) is 9.84 Å². The summed E-state index contributed by atoms with van der Waals surface area (Å²) >= 11 is 0. The number of carboxylic acids is 1. The van der Waals surface area contributed by atoms with Gasteiger partial charge in [0.2, 0.25) is 0 Å². The van der Waals surface area contributed by atoms with Crippen molar-refractivity contribution in [3.05, 3.63) is 65.2 Å². The third-order valence-corrected chi connectivity index (χ3v) is 4.02. The fourth-order valence-electron chi connectivity index (χ4n) is 2.87. The molecule has 25 heavy (non-hydrogen) atoms. The summed E-state index contributed by atoms with van der Waals surface area (Å²) in [6.07, 6.45) is 0.242. The van der Waals surface area contributed by atoms with Gasteiger partial charge in [0.25, 0.3) is 0 Å². The van der Waals surface area contributed by atoms with Crippen LogP contribution in [0.25, 0.3) is 0 Å². The number of carbonyl (C=O) groups excluding carboxylic acids is 1. The lowest BCUT2D eigenvalue weighted by Crippen LogP contribution is -2.16. The molecule has 0 spiro atoms. The Bertz CT molecular complexity index is 749. The van der Waals surface area contributed by atoms with Crippen LogP contribution in [0.15, 0.2) is 48.5 Å². The zero-order valence-electron chi connectivity index (χ0n) is 14.9. The number of hydrogen-bond acceptors (Lipinski definition) is 3. The molecule has 0 aliphatic rings. The van der Waals surface area contributed by atoms with Crippen molar-refractivity contribution in [3.8, 4) is 5.75 Å². The predicted octanol–water partition coefficient (Wildman–Crippen LogP) is 4.61. The molecule has 0 saturated carbocycles. The second-order valence-corrected chi connectivity index (χ2v) is 6.40. The molecule has 4 nitrogen and oxygen atoms in total. The van der Waals surface area contributed by atoms with Crippen molar-refractivity contribution in [3.63, 3.8) is 0 Å². The van der Waals surface area contributed by atoms with Gasteiger partial charge in [0.1, 0.15) is 5.75 Å². The molecule has 2 aromatic carbocycles. The fraction of sp³-hybridized carbons (Fsp3) is 0.333. The second kappa shape index (κ2) is 8.47. The van der Waals surface area contributed by atoms with Gasteiger partial charge in [0, 0.05) is 17.9 Å². The van der Waals surface area contributed by atoms with E-state index in [0.717, 1.165) is 11.1 Å². The molecule has 0 fully saturated rings. The molecule has 132 valence electrons. The number of benzene rings is 2. The summed E-state index contributed by atoms with van der Waals surface area (Å²) in [7, 11) is 0. The summed E-state index contributed by atoms with van der Waals surface area (Å²) in [5.41, 5.74) is 2.40. The van der Waals surface area contributed by atoms with E-state index >= 15 is 0 Å². The Balaban J connectivity index is 2.35. The van der Waals surface area contributed by atoms with Gasteiger partial charge in [-0.25, -0.2) is 0 Å². The van der Waals surface area contributed by atoms with Crippen molar-refractivity contribution in [1.29, 1.82) is 0 Å². The van der Waals surface area contributed by atoms with Crippen LogP contribution in [0.2, 0.25) is 0 Å². The first-order valence-electron chi connectivity index (χ1n) is 8.46. The monoisotopic (exact) mass is 340 g/mol. The van der Waals surface area contributed by atoms with Gasteiger partial charge in [-0.1, -0.05) is 36.4 Å². The lowest BCUT2D eigenvalue weighted by Gasteiger charge is -2.18. The zero-order valence-corrected chi connectivity index (χ0v) is 14.9. The van der Waals surface area contributed by atoms with E-state index in [-0.39, 0.29) is 24.7 Å². The van der Waals surface area contributed by atoms with Crippen LogP contribution in [-0.4, -0.2) is 23.0 Å². The van der Waals surface area contributed by atoms with Crippen LogP contribution in [0, 0.1) is 6.92 Å². The number of aliphatic carboxylic acids is 1. The lowest BCUT2D eigenvalue weighted by molar-refractivity contribution is -0.137. The largest absolute Gasteiger partial charge is 0.491 e. The minimum Gasteiger partial charge on any atom is -0.491 e. The standard InChI is InChI=1S/C21H24O4/c1-14(2)25-17-9-6-8-16(13-17)21(24)19(11-12-20(22)23)18-10-5-4-7-15(18)3/h4-10,13-14,19H,11-12H2,1-3H3,(H,22,23). The predicted molar refractivity (Wildman–Crippen MR) is 97.3 cm³/mol. The highest BCUT2D eigenvalue weighted by molar-refractivity contribution is 6.01. The molecule has 0 aliphatic heterocycles. The van der Waals surface area contributed by atoms with E-state index in [9.17, 15) is 9.59 Å². The molecule has 4 heteroatoms. The number of aryl methyl sites for hydroxylation is 1. The average molecular weight is 340 g/mol. The Morgan fingerprint density at radius 1 is 1.08 bits per heavy atom. The highest BCUT2D eigenvalue weighted by Crippen LogP contribution is 2.29. The lowest BCUT2D eigenvalue weighted by atomic mass is 9.85. The maximum Gasteiger partial charge on any atom is 0.303 e. The molecule has 0 bridgehead atoms. The molecule has 1 unspecified atom stereocenters. The quantitative estimate of drug-likeness (QED) is 0.713. The van der Waals surface area contributed by atoms with E-state index in [1.54, 1.807) is 18.2 Å². The molecule has 2 aromatic rings. The number of hydrogen-bond donors (Lipinski definition) is 1. The molecule has 0 aliphatic carbocycles. The molecular weight excluding hydrogens is 316 g/mol. The van der Waals surface area contributed by atoms with E-state index in [2.05, 4.69) is 0 Å². The maximum absolute atomic E-state index is 13.1. The van der Waals surface area contributed by atoms with Crippen molar-refractivity contribution in [2.45, 2.75) is 45.6 Å². The first kappa shape index (κ1) is 18.7. The van der Waals surface area contributed by atoms with Crippen molar-refractivity contribution in [2.75, 3.05) is 0 Å². The van der Waals surface area contributed by atoms with Crippen molar-refractivity contribution in [1.82, 2.24) is 0 Å². The van der Waals surface area contributed by atoms with Gasteiger partial charge in [-0.2, -0.15) is 0 Å². The van der Waals surface area contributed by atoms with Crippen molar-refractivity contribution >= 4 is 11.8 Å². The number of Topliss-reactive ketones (excluding diaryl/α,β-unsaturated/α-hetero) is 1. The summed E-state index contributed by atoms with van der Waals surface area (Å²) in [5.74, 6) is -0.817. The Hall–Kier alpha value is -2.62. The van der Waals surface area contributed by atoms with Gasteiger partial charge in [0.05, 0.1) is 6.10 Å². The number of ketones is 1. The summed E-state index contributed by atoms with van der Waals surface area (Å²) in [5, 5.41) is 9.04. The van der Waals surface area contributed by atoms with Gasteiger partial charge in [-0.3, -0.25) is 9.59 Å². The van der Waals surface area contributed by atoms with E-state index in [1.165, 1.54) is 0 Å². The first-order valence-corrected chi connectivity index (χ1v) is 8.46. The van der Waals surface area contributed by atoms with E-state index in [0.29, 0.717) is 11.3 Å². The molecule has 0 aromatic heterocycles. The minimum atomic E-state index is -0.900. The Morgan fingerprint density at radius 2 is 1.80 bits per heavy atom. The minimum absolute atomic E-state index is 0.0181. The molecule has 1 N–H and O–H groups in total. The summed E-state index contributed by atoms with van der Waals surface area (Å²) in [6.45, 7) is 5.80. The van der Waals surface area contributed by atoms with Gasteiger partial charge < -0.3 is 9.84 Å². The van der Waals surface area contributed by atoms with Crippen LogP contribution in [0.4, 0.5) is 0 Å². The average Bonchev–Trinajstić information content (AvgIpc) is 2.55. The highest BCUT2D eigenvalue weighted by Gasteiger charge is 2.24. The fourth-order valence-corrected chi connectivity index (χ4v) is 2.87. The van der Waals surface area contributed by atoms with Crippen molar-refractivity contribution < 1.29 is 19.4 Å². The van der Waals surface area contributed by atoms with Crippen LogP contribution in [0.5, 0.6) is 5.75 Å². The Labute approximate surface area is 148 Å². The normalized spacial score (nSPS) is 12.0. The molecule has 0 heterocycles. The van der Waals surface area contributed by atoms with E-state index < -0.39 is 11.9 Å². The van der Waals surface area contributed by atoms with Gasteiger partial charge >= 0.3 is 5.97 Å². The number of carbonyl (C=O) groups is 2. The molecular formula is C21H24O4. The van der Waals surface area contributed by atoms with Gasteiger partial charge in [0.15, 0.2) is 5.78 Å². The highest BCUT2D eigenvalue weighted by atomic mass is 16.5. The maximum atomic E-state index is 13.1. The SMILES string of the molecule is Cc1ccccc1C(CCC(=O)O)C(=O)c1cccc(OC(C)C)c1. The topological polar surface area (TPSA) is 63.6 Å². The third-order valence-electron chi connectivity index (χ3n) is 4.02. The second-order valence-electron chi connectivity index (χ2n) is 6.40. The smallest absolute Gasteiger partial charge is 0.303 e. The van der Waals surface area contributed by atoms with E-state index in [1.807, 2.05) is 51.1 Å². The third kappa shape index (κ3) is 5.18. The van der Waals surface area contributed by atoms with Gasteiger partial charge in [-0.05, 0) is 50.5 Å². The molecule has 0 radical (unpaired) electrons. The first-order chi connectivity index (χ1) is 11.9. The molecule has 2 rings (SSSR count). The van der Waals surface area contributed by atoms with Crippen LogP contribution < -0.4 is 4.74 Å².